The minimum absolute atomic E-state index is 0.00244. The van der Waals surface area contributed by atoms with E-state index >= 15 is 0 Å². The van der Waals surface area contributed by atoms with E-state index in [1.54, 1.807) is 0 Å². The first-order valence-corrected chi connectivity index (χ1v) is 38.4. The van der Waals surface area contributed by atoms with Crippen LogP contribution in [0.4, 0.5) is 0 Å². The van der Waals surface area contributed by atoms with Crippen LogP contribution in [0.2, 0.25) is 0 Å². The third-order valence-corrected chi connectivity index (χ3v) is 22.2. The number of carbonyl (C=O) groups excluding carboxylic acids is 4. The molecule has 28 atom stereocenters. The van der Waals surface area contributed by atoms with Crippen LogP contribution >= 0.6 is 0 Å². The Bertz CT molecular complexity index is 3380. The molecule has 10 rings (SSSR count). The van der Waals surface area contributed by atoms with Gasteiger partial charge in [-0.15, -0.1) is 0 Å². The fourth-order valence-corrected chi connectivity index (χ4v) is 16.2. The van der Waals surface area contributed by atoms with Crippen molar-refractivity contribution in [3.8, 4) is 0 Å². The molecule has 0 unspecified atom stereocenters. The molecule has 8 aliphatic rings. The van der Waals surface area contributed by atoms with Crippen LogP contribution in [0.1, 0.15) is 157 Å². The van der Waals surface area contributed by atoms with Gasteiger partial charge in [0.2, 0.25) is 5.91 Å². The van der Waals surface area contributed by atoms with Crippen molar-refractivity contribution >= 4 is 35.4 Å². The van der Waals surface area contributed by atoms with Crippen LogP contribution in [0.15, 0.2) is 31.3 Å². The maximum absolute atomic E-state index is 14.4. The Morgan fingerprint density at radius 1 is 0.464 bits per heavy atom. The molecule has 630 valence electrons. The molecule has 2 aromatic heterocycles. The summed E-state index contributed by atoms with van der Waals surface area (Å²) >= 11 is 0. The molecule has 4 aliphatic carbocycles. The average molecular weight is 1600 g/mol. The van der Waals surface area contributed by atoms with Crippen molar-refractivity contribution in [2.75, 3.05) is 39.6 Å². The summed E-state index contributed by atoms with van der Waals surface area (Å²) < 4.78 is 74.2. The monoisotopic (exact) mass is 1600 g/mol. The number of carbonyl (C=O) groups is 6. The first-order chi connectivity index (χ1) is 53.5. The standard InChI is InChI=1S/C71H107N7O34/c1-30-50(85)54(89)56(91)68(103-30)111-59-36(72-62(93)38-24-46(82)77-70(99)74-38)15-9-17-40(59)107-66-35(58(52(87)44(26-79)109-66)105-42(64(95)96)21-32-11-5-3-6-12-32)23-34(81)28-101-19-20-102-29-48(84)76-49-61(106-43(65(97)98)22-33-13-7-4-8-14-33)53(88)45(27-80)110-67(49)108-41-18-10-16-37(73-63(94)39-25-47(83)78-71(100)75-39)60(41)112-69-57(92)55(90)51(86)31(2)104-69/h24-25,30-33,35-37,40-45,49-61,66-69,79-80,85-92H,3-23,26-29H2,1-2H3,(H,72,93)(H,73,94)(H,76,84)(H,95,96)(H,97,98)(H2,74,77,82,99)(H2,75,78,83,100)/t30-,31-,35+,36-,37-,40+,41+,42-,43-,44+,45+,49+,50+,51+,52-,53-,54+,55+,56-,57-,58+,59+,60+,61+,66+,67+,68-,69-/m0/s1. The summed E-state index contributed by atoms with van der Waals surface area (Å²) in [7, 11) is 0. The zero-order valence-electron chi connectivity index (χ0n) is 62.0. The van der Waals surface area contributed by atoms with Gasteiger partial charge in [0.05, 0.1) is 69.0 Å². The number of aliphatic hydroxyl groups is 10. The number of H-pyrrole nitrogens is 4. The zero-order chi connectivity index (χ0) is 80.8. The zero-order valence-corrected chi connectivity index (χ0v) is 62.0. The van der Waals surface area contributed by atoms with Crippen LogP contribution in [-0.4, -0.2) is 322 Å². The van der Waals surface area contributed by atoms with E-state index in [4.69, 9.17) is 56.8 Å². The third kappa shape index (κ3) is 22.8. The molecule has 19 N–H and O–H groups in total. The number of carboxylic acid groups (broad SMARTS) is 2. The molecular weight excluding hydrogens is 1490 g/mol. The lowest BCUT2D eigenvalue weighted by Gasteiger charge is -2.48. The number of hydrogen-bond donors (Lipinski definition) is 19. The minimum atomic E-state index is -1.91. The number of aromatic nitrogens is 4. The van der Waals surface area contributed by atoms with Crippen molar-refractivity contribution in [2.45, 2.75) is 301 Å². The molecule has 4 saturated heterocycles. The molecule has 8 fully saturated rings. The summed E-state index contributed by atoms with van der Waals surface area (Å²) in [5, 5.41) is 140. The van der Waals surface area contributed by atoms with Crippen molar-refractivity contribution in [3.63, 3.8) is 0 Å². The summed E-state index contributed by atoms with van der Waals surface area (Å²) in [5.41, 5.74) is -4.77. The van der Waals surface area contributed by atoms with Crippen LogP contribution in [0.3, 0.4) is 0 Å². The van der Waals surface area contributed by atoms with Gasteiger partial charge in [0.25, 0.3) is 22.9 Å². The largest absolute Gasteiger partial charge is 0.479 e. The van der Waals surface area contributed by atoms with Crippen LogP contribution in [0.5, 0.6) is 0 Å². The van der Waals surface area contributed by atoms with Gasteiger partial charge in [0.15, 0.2) is 43.2 Å². The van der Waals surface area contributed by atoms with E-state index in [2.05, 4.69) is 25.9 Å². The second-order valence-electron chi connectivity index (χ2n) is 30.3. The Hall–Kier alpha value is -6.50. The van der Waals surface area contributed by atoms with Crippen LogP contribution in [-0.2, 0) is 76.0 Å². The number of ketones is 1. The SMILES string of the molecule is C[C@@H]1O[C@@H](O[C@@H]2[C@@H](NC(=O)c3cc(=O)[nH]c(=O)[nH]3)CCC[C@H]2O[C@@H]2O[C@H](CO)[C@H](O)[C@H](O[C@@H](CC3CCCCC3)C(=O)O)[C@H]2CC(=O)COCCOCC(=O)N[C@H]2[C@H](O[C@@H]3CCC[C@H](NC(=O)c4cc(=O)[nH]c(=O)[nH]4)[C@H]3O[C@@H]3O[C@@H](C)[C@@H](O)[C@@H](O)[C@@H]3O)O[C@H](CO)[C@H](O)[C@@H]2O[C@@H](CC2CCCCC2)C(=O)O)[C@@H](O)[C@H](O)[C@@H]1O. The number of Topliss-reactive ketones (excluding diaryl/α,β-unsaturated/α-hetero) is 1. The number of rotatable bonds is 34. The topological polar surface area (TPSA) is 623 Å². The van der Waals surface area contributed by atoms with E-state index in [1.165, 1.54) is 13.8 Å². The second-order valence-corrected chi connectivity index (χ2v) is 30.3. The van der Waals surface area contributed by atoms with Crippen molar-refractivity contribution in [1.29, 1.82) is 0 Å². The molecule has 2 aromatic rings. The number of hydrogen-bond acceptors (Lipinski definition) is 32. The third-order valence-electron chi connectivity index (χ3n) is 22.2. The normalized spacial score (nSPS) is 36.2. The molecule has 6 heterocycles. The lowest BCUT2D eigenvalue weighted by molar-refractivity contribution is -0.340. The smallest absolute Gasteiger partial charge is 0.332 e. The van der Waals surface area contributed by atoms with Gasteiger partial charge in [-0.25, -0.2) is 19.2 Å². The predicted molar refractivity (Wildman–Crippen MR) is 375 cm³/mol. The van der Waals surface area contributed by atoms with Crippen molar-refractivity contribution in [2.24, 2.45) is 17.8 Å². The lowest BCUT2D eigenvalue weighted by Crippen LogP contribution is -2.68. The Morgan fingerprint density at radius 2 is 0.893 bits per heavy atom. The Kier molecular flexibility index (Phi) is 32.1. The highest BCUT2D eigenvalue weighted by Crippen LogP contribution is 2.41. The number of aromatic amines is 4. The summed E-state index contributed by atoms with van der Waals surface area (Å²) in [6, 6.07) is -2.35. The summed E-state index contributed by atoms with van der Waals surface area (Å²) in [4.78, 5) is 140. The van der Waals surface area contributed by atoms with Gasteiger partial charge >= 0.3 is 23.3 Å². The van der Waals surface area contributed by atoms with Crippen LogP contribution in [0, 0.1) is 17.8 Å². The van der Waals surface area contributed by atoms with E-state index in [0.717, 1.165) is 50.7 Å². The Morgan fingerprint density at radius 3 is 1.34 bits per heavy atom. The first kappa shape index (κ1) is 87.9. The number of aliphatic carboxylic acids is 2. The van der Waals surface area contributed by atoms with Gasteiger partial charge in [0.1, 0.15) is 110 Å². The molecular formula is C71H107N7O34. The molecule has 0 aromatic carbocycles. The van der Waals surface area contributed by atoms with E-state index in [-0.39, 0.29) is 63.2 Å². The number of ether oxygens (including phenoxy) is 12. The highest BCUT2D eigenvalue weighted by molar-refractivity contribution is 5.93. The fraction of sp³-hybridized carbons (Fsp3) is 0.803. The molecule has 3 amide bonds. The Balaban J connectivity index is 0.864. The summed E-state index contributed by atoms with van der Waals surface area (Å²) in [6.45, 7) is -1.43. The number of amides is 3. The molecule has 0 radical (unpaired) electrons. The van der Waals surface area contributed by atoms with Crippen molar-refractivity contribution < 1.29 is 147 Å². The van der Waals surface area contributed by atoms with E-state index in [0.29, 0.717) is 25.7 Å². The van der Waals surface area contributed by atoms with Gasteiger partial charge in [-0.2, -0.15) is 0 Å². The highest BCUT2D eigenvalue weighted by Gasteiger charge is 2.55. The van der Waals surface area contributed by atoms with Crippen LogP contribution < -0.4 is 38.4 Å². The number of nitrogens with one attached hydrogen (secondary N) is 7. The summed E-state index contributed by atoms with van der Waals surface area (Å²) in [6.07, 6.45) is -30.8. The van der Waals surface area contributed by atoms with Gasteiger partial charge in [-0.1, -0.05) is 64.2 Å². The minimum Gasteiger partial charge on any atom is -0.479 e. The number of aliphatic hydroxyl groups excluding tert-OH is 10. The maximum Gasteiger partial charge on any atom is 0.332 e. The van der Waals surface area contributed by atoms with Gasteiger partial charge in [-0.3, -0.25) is 38.7 Å². The number of carboxylic acids is 2. The second kappa shape index (κ2) is 40.9. The maximum atomic E-state index is 14.4. The van der Waals surface area contributed by atoms with E-state index < -0.39 is 287 Å². The molecule has 0 bridgehead atoms. The molecule has 41 heteroatoms. The van der Waals surface area contributed by atoms with E-state index in [9.17, 15) is 109 Å². The molecule has 41 nitrogen and oxygen atoms in total. The van der Waals surface area contributed by atoms with Gasteiger partial charge < -0.3 is 144 Å². The summed E-state index contributed by atoms with van der Waals surface area (Å²) in [5.74, 6) is -8.13. The van der Waals surface area contributed by atoms with Crippen molar-refractivity contribution in [3.05, 3.63) is 65.2 Å². The molecule has 4 aliphatic heterocycles. The first-order valence-electron chi connectivity index (χ1n) is 38.4. The molecule has 0 spiro atoms. The quantitative estimate of drug-likeness (QED) is 0.0291. The predicted octanol–water partition coefficient (Wildman–Crippen LogP) is -5.23. The van der Waals surface area contributed by atoms with Gasteiger partial charge in [-0.05, 0) is 77.0 Å². The Labute approximate surface area is 639 Å². The van der Waals surface area contributed by atoms with E-state index in [1.807, 2.05) is 9.97 Å². The lowest BCUT2D eigenvalue weighted by atomic mass is 9.84. The van der Waals surface area contributed by atoms with Crippen molar-refractivity contribution in [1.82, 2.24) is 35.9 Å². The molecule has 112 heavy (non-hydrogen) atoms. The van der Waals surface area contributed by atoms with Gasteiger partial charge in [0, 0.05) is 24.5 Å². The highest BCUT2D eigenvalue weighted by atomic mass is 16.7. The molecule has 4 saturated carbocycles. The average Bonchev–Trinajstić information content (AvgIpc) is 0.777. The van der Waals surface area contributed by atoms with Crippen LogP contribution in [0.25, 0.3) is 0 Å². The fourth-order valence-electron chi connectivity index (χ4n) is 16.2.